The standard InChI is InChI=1S/C16H14F3NO2/c1-21-15-4-2-3-13(9-15)10-20-22-11-12-5-7-14(8-6-12)16(17,18)19/h2-10H,11H2,1H3. The van der Waals surface area contributed by atoms with E-state index in [9.17, 15) is 13.2 Å². The first-order valence-corrected chi connectivity index (χ1v) is 6.44. The number of hydrogen-bond acceptors (Lipinski definition) is 3. The average Bonchev–Trinajstić information content (AvgIpc) is 2.51. The Morgan fingerprint density at radius 3 is 2.45 bits per heavy atom. The van der Waals surface area contributed by atoms with Crippen LogP contribution in [0.5, 0.6) is 5.75 Å². The summed E-state index contributed by atoms with van der Waals surface area (Å²) >= 11 is 0. The highest BCUT2D eigenvalue weighted by Gasteiger charge is 2.29. The van der Waals surface area contributed by atoms with Gasteiger partial charge in [0.15, 0.2) is 0 Å². The van der Waals surface area contributed by atoms with Crippen LogP contribution in [0.15, 0.2) is 53.7 Å². The Balaban J connectivity index is 1.89. The van der Waals surface area contributed by atoms with Crippen LogP contribution in [0, 0.1) is 0 Å². The summed E-state index contributed by atoms with van der Waals surface area (Å²) in [4.78, 5) is 5.07. The van der Waals surface area contributed by atoms with E-state index < -0.39 is 11.7 Å². The molecule has 0 spiro atoms. The Morgan fingerprint density at radius 1 is 1.09 bits per heavy atom. The summed E-state index contributed by atoms with van der Waals surface area (Å²) in [6, 6.07) is 12.0. The molecule has 0 aliphatic carbocycles. The van der Waals surface area contributed by atoms with E-state index in [1.54, 1.807) is 19.2 Å². The third-order valence-corrected chi connectivity index (χ3v) is 2.88. The van der Waals surface area contributed by atoms with Gasteiger partial charge in [0.05, 0.1) is 18.9 Å². The number of rotatable bonds is 5. The van der Waals surface area contributed by atoms with E-state index in [1.807, 2.05) is 12.1 Å². The summed E-state index contributed by atoms with van der Waals surface area (Å²) in [6.45, 7) is 0.0958. The van der Waals surface area contributed by atoms with Crippen molar-refractivity contribution in [2.24, 2.45) is 5.16 Å². The van der Waals surface area contributed by atoms with Gasteiger partial charge in [0.1, 0.15) is 12.4 Å². The van der Waals surface area contributed by atoms with Crippen molar-refractivity contribution in [2.45, 2.75) is 12.8 Å². The van der Waals surface area contributed by atoms with Crippen molar-refractivity contribution in [3.8, 4) is 5.75 Å². The fourth-order valence-corrected chi connectivity index (χ4v) is 1.72. The Hall–Kier alpha value is -2.50. The summed E-state index contributed by atoms with van der Waals surface area (Å²) in [6.07, 6.45) is -2.82. The Kier molecular flexibility index (Phi) is 5.04. The van der Waals surface area contributed by atoms with E-state index in [1.165, 1.54) is 18.3 Å². The van der Waals surface area contributed by atoms with Crippen molar-refractivity contribution in [1.82, 2.24) is 0 Å². The molecule has 22 heavy (non-hydrogen) atoms. The lowest BCUT2D eigenvalue weighted by molar-refractivity contribution is -0.137. The summed E-state index contributed by atoms with van der Waals surface area (Å²) in [7, 11) is 1.57. The molecule has 0 aliphatic rings. The van der Waals surface area contributed by atoms with Gasteiger partial charge >= 0.3 is 6.18 Å². The van der Waals surface area contributed by atoms with Crippen molar-refractivity contribution in [3.05, 3.63) is 65.2 Å². The lowest BCUT2D eigenvalue weighted by Crippen LogP contribution is -2.04. The van der Waals surface area contributed by atoms with E-state index in [-0.39, 0.29) is 6.61 Å². The number of benzene rings is 2. The van der Waals surface area contributed by atoms with Gasteiger partial charge in [-0.3, -0.25) is 0 Å². The summed E-state index contributed by atoms with van der Waals surface area (Å²) in [5.74, 6) is 0.701. The van der Waals surface area contributed by atoms with Crippen molar-refractivity contribution < 1.29 is 22.7 Å². The number of oxime groups is 1. The molecule has 0 N–H and O–H groups in total. The highest BCUT2D eigenvalue weighted by molar-refractivity contribution is 5.79. The molecule has 0 radical (unpaired) electrons. The number of alkyl halides is 3. The van der Waals surface area contributed by atoms with Crippen LogP contribution in [0.3, 0.4) is 0 Å². The van der Waals surface area contributed by atoms with Crippen LogP contribution in [0.25, 0.3) is 0 Å². The van der Waals surface area contributed by atoms with E-state index in [4.69, 9.17) is 9.57 Å². The third-order valence-electron chi connectivity index (χ3n) is 2.88. The van der Waals surface area contributed by atoms with Crippen molar-refractivity contribution >= 4 is 6.21 Å². The molecule has 2 aromatic carbocycles. The van der Waals surface area contributed by atoms with Crippen molar-refractivity contribution in [1.29, 1.82) is 0 Å². The number of ether oxygens (including phenoxy) is 1. The molecule has 0 unspecified atom stereocenters. The smallest absolute Gasteiger partial charge is 0.416 e. The molecule has 0 fully saturated rings. The van der Waals surface area contributed by atoms with Gasteiger partial charge < -0.3 is 9.57 Å². The monoisotopic (exact) mass is 309 g/mol. The molecular weight excluding hydrogens is 295 g/mol. The molecule has 0 heterocycles. The zero-order valence-corrected chi connectivity index (χ0v) is 11.8. The molecule has 6 heteroatoms. The zero-order chi connectivity index (χ0) is 16.0. The van der Waals surface area contributed by atoms with Crippen LogP contribution in [-0.2, 0) is 17.6 Å². The van der Waals surface area contributed by atoms with Crippen LogP contribution < -0.4 is 4.74 Å². The van der Waals surface area contributed by atoms with Crippen LogP contribution in [-0.4, -0.2) is 13.3 Å². The molecule has 116 valence electrons. The van der Waals surface area contributed by atoms with Gasteiger partial charge in [0.2, 0.25) is 0 Å². The maximum atomic E-state index is 12.4. The highest BCUT2D eigenvalue weighted by Crippen LogP contribution is 2.29. The van der Waals surface area contributed by atoms with Gasteiger partial charge in [-0.25, -0.2) is 0 Å². The van der Waals surface area contributed by atoms with Gasteiger partial charge in [-0.15, -0.1) is 0 Å². The summed E-state index contributed by atoms with van der Waals surface area (Å²) in [5, 5.41) is 3.78. The molecule has 2 aromatic rings. The van der Waals surface area contributed by atoms with Gasteiger partial charge in [0.25, 0.3) is 0 Å². The van der Waals surface area contributed by atoms with Crippen LogP contribution >= 0.6 is 0 Å². The molecule has 0 atom stereocenters. The van der Waals surface area contributed by atoms with Crippen LogP contribution in [0.2, 0.25) is 0 Å². The second-order valence-electron chi connectivity index (χ2n) is 4.48. The SMILES string of the molecule is COc1cccc(C=NOCc2ccc(C(F)(F)F)cc2)c1. The Morgan fingerprint density at radius 2 is 1.82 bits per heavy atom. The molecule has 0 saturated carbocycles. The maximum Gasteiger partial charge on any atom is 0.416 e. The molecule has 0 aliphatic heterocycles. The topological polar surface area (TPSA) is 30.8 Å². The lowest BCUT2D eigenvalue weighted by atomic mass is 10.1. The number of methoxy groups -OCH3 is 1. The maximum absolute atomic E-state index is 12.4. The van der Waals surface area contributed by atoms with Crippen molar-refractivity contribution in [2.75, 3.05) is 7.11 Å². The van der Waals surface area contributed by atoms with Crippen molar-refractivity contribution in [3.63, 3.8) is 0 Å². The second kappa shape index (κ2) is 6.98. The predicted octanol–water partition coefficient (Wildman–Crippen LogP) is 4.26. The fraction of sp³-hybridized carbons (Fsp3) is 0.188. The second-order valence-corrected chi connectivity index (χ2v) is 4.48. The van der Waals surface area contributed by atoms with Gasteiger partial charge in [-0.1, -0.05) is 29.4 Å². The largest absolute Gasteiger partial charge is 0.497 e. The minimum Gasteiger partial charge on any atom is -0.497 e. The zero-order valence-electron chi connectivity index (χ0n) is 11.8. The summed E-state index contributed by atoms with van der Waals surface area (Å²) in [5.41, 5.74) is 0.721. The first-order valence-electron chi connectivity index (χ1n) is 6.44. The van der Waals surface area contributed by atoms with Gasteiger partial charge in [-0.2, -0.15) is 13.2 Å². The highest BCUT2D eigenvalue weighted by atomic mass is 19.4. The average molecular weight is 309 g/mol. The first-order chi connectivity index (χ1) is 10.5. The minimum atomic E-state index is -4.33. The number of hydrogen-bond donors (Lipinski definition) is 0. The van der Waals surface area contributed by atoms with E-state index in [0.29, 0.717) is 11.3 Å². The molecule has 0 amide bonds. The van der Waals surface area contributed by atoms with Gasteiger partial charge in [0, 0.05) is 0 Å². The van der Waals surface area contributed by atoms with E-state index in [2.05, 4.69) is 5.16 Å². The molecule has 2 rings (SSSR count). The molecule has 3 nitrogen and oxygen atoms in total. The minimum absolute atomic E-state index is 0.0958. The lowest BCUT2D eigenvalue weighted by Gasteiger charge is -2.07. The molecule has 0 aromatic heterocycles. The Labute approximate surface area is 126 Å². The fourth-order valence-electron chi connectivity index (χ4n) is 1.72. The number of nitrogens with zero attached hydrogens (tertiary/aromatic N) is 1. The third kappa shape index (κ3) is 4.51. The van der Waals surface area contributed by atoms with Crippen LogP contribution in [0.1, 0.15) is 16.7 Å². The molecule has 0 bridgehead atoms. The predicted molar refractivity (Wildman–Crippen MR) is 76.8 cm³/mol. The van der Waals surface area contributed by atoms with E-state index in [0.717, 1.165) is 17.7 Å². The first kappa shape index (κ1) is 15.9. The van der Waals surface area contributed by atoms with Gasteiger partial charge in [-0.05, 0) is 35.4 Å². The normalized spacial score (nSPS) is 11.6. The quantitative estimate of drug-likeness (QED) is 0.610. The molecular formula is C16H14F3NO2. The summed E-state index contributed by atoms with van der Waals surface area (Å²) < 4.78 is 42.3. The van der Waals surface area contributed by atoms with Crippen LogP contribution in [0.4, 0.5) is 13.2 Å². The molecule has 0 saturated heterocycles. The Bertz CT molecular complexity index is 637. The van der Waals surface area contributed by atoms with E-state index >= 15 is 0 Å². The number of halogens is 3.